The lowest BCUT2D eigenvalue weighted by Gasteiger charge is -2.15. The zero-order valence-electron chi connectivity index (χ0n) is 24.0. The Bertz CT molecular complexity index is 1820. The van der Waals surface area contributed by atoms with E-state index in [0.29, 0.717) is 47.0 Å². The normalized spacial score (nSPS) is 13.2. The van der Waals surface area contributed by atoms with Crippen LogP contribution in [0.1, 0.15) is 28.8 Å². The largest absolute Gasteiger partial charge is 0.497 e. The third-order valence-electron chi connectivity index (χ3n) is 7.11. The number of nitriles is 1. The monoisotopic (exact) mass is 615 g/mol. The summed E-state index contributed by atoms with van der Waals surface area (Å²) < 4.78 is 48.9. The molecule has 1 aliphatic rings. The van der Waals surface area contributed by atoms with Crippen molar-refractivity contribution in [3.63, 3.8) is 0 Å². The number of carbonyl (C=O) groups is 2. The molecule has 0 radical (unpaired) electrons. The van der Waals surface area contributed by atoms with Crippen molar-refractivity contribution in [3.05, 3.63) is 83.9 Å². The Kier molecular flexibility index (Phi) is 8.99. The Labute approximate surface area is 254 Å². The van der Waals surface area contributed by atoms with Gasteiger partial charge in [0.05, 0.1) is 24.7 Å². The van der Waals surface area contributed by atoms with Crippen LogP contribution in [0.25, 0.3) is 22.5 Å². The van der Waals surface area contributed by atoms with Gasteiger partial charge in [0.25, 0.3) is 5.91 Å². The molecule has 5 rings (SSSR count). The third kappa shape index (κ3) is 6.29. The van der Waals surface area contributed by atoms with E-state index in [1.165, 1.54) is 28.6 Å². The molecular weight excluding hydrogens is 586 g/mol. The van der Waals surface area contributed by atoms with Crippen molar-refractivity contribution >= 4 is 27.8 Å². The lowest BCUT2D eigenvalue weighted by atomic mass is 9.98. The molecule has 0 spiro atoms. The van der Waals surface area contributed by atoms with Crippen LogP contribution in [0.15, 0.2) is 82.1 Å². The van der Waals surface area contributed by atoms with E-state index >= 15 is 0 Å². The van der Waals surface area contributed by atoms with Gasteiger partial charge < -0.3 is 18.6 Å². The van der Waals surface area contributed by atoms with Crippen LogP contribution in [-0.4, -0.2) is 58.5 Å². The van der Waals surface area contributed by atoms with Crippen molar-refractivity contribution in [3.8, 4) is 40.0 Å². The standard InChI is InChI=1S/C32H29N3O8S/c1-40-24-12-8-21(9-13-24)29-27(19-33)31(43-30(29)22-10-14-25(41-2)15-11-22)34-28(36)20-42-32(37)23-6-5-7-26(18-23)44(38,39)35-16-3-4-17-35/h5-15,18H,3-4,16-17,20H2,1-2H3,(H,34,36). The number of hydrogen-bond acceptors (Lipinski definition) is 9. The fourth-order valence-corrected chi connectivity index (χ4v) is 6.41. The summed E-state index contributed by atoms with van der Waals surface area (Å²) in [5.41, 5.74) is 1.78. The van der Waals surface area contributed by atoms with Gasteiger partial charge in [-0.2, -0.15) is 9.57 Å². The average Bonchev–Trinajstić information content (AvgIpc) is 3.73. The molecule has 0 unspecified atom stereocenters. The number of esters is 1. The van der Waals surface area contributed by atoms with Crippen molar-refractivity contribution in [2.75, 3.05) is 39.2 Å². The van der Waals surface area contributed by atoms with Crippen molar-refractivity contribution < 1.29 is 36.6 Å². The number of nitrogens with zero attached hydrogens (tertiary/aromatic N) is 2. The molecule has 3 aromatic carbocycles. The van der Waals surface area contributed by atoms with Crippen LogP contribution in [-0.2, 0) is 19.6 Å². The van der Waals surface area contributed by atoms with Crippen LogP contribution in [0.3, 0.4) is 0 Å². The number of carbonyl (C=O) groups excluding carboxylic acids is 2. The lowest BCUT2D eigenvalue weighted by molar-refractivity contribution is -0.119. The van der Waals surface area contributed by atoms with Crippen molar-refractivity contribution in [2.24, 2.45) is 0 Å². The Hall–Kier alpha value is -5.12. The first-order valence-corrected chi connectivity index (χ1v) is 15.1. The van der Waals surface area contributed by atoms with Gasteiger partial charge in [0.1, 0.15) is 28.9 Å². The van der Waals surface area contributed by atoms with E-state index in [9.17, 15) is 23.3 Å². The molecule has 44 heavy (non-hydrogen) atoms. The molecule has 4 aromatic rings. The highest BCUT2D eigenvalue weighted by Gasteiger charge is 2.28. The van der Waals surface area contributed by atoms with Crippen LogP contribution < -0.4 is 14.8 Å². The van der Waals surface area contributed by atoms with E-state index in [0.717, 1.165) is 12.8 Å². The number of hydrogen-bond donors (Lipinski definition) is 1. The van der Waals surface area contributed by atoms with E-state index < -0.39 is 28.5 Å². The van der Waals surface area contributed by atoms with Crippen LogP contribution in [0, 0.1) is 11.3 Å². The second-order valence-electron chi connectivity index (χ2n) is 9.84. The van der Waals surface area contributed by atoms with Gasteiger partial charge in [-0.05, 0) is 73.0 Å². The summed E-state index contributed by atoms with van der Waals surface area (Å²) in [4.78, 5) is 25.6. The maximum atomic E-state index is 12.9. The number of ether oxygens (including phenoxy) is 3. The summed E-state index contributed by atoms with van der Waals surface area (Å²) in [7, 11) is -0.647. The van der Waals surface area contributed by atoms with E-state index in [2.05, 4.69) is 11.4 Å². The minimum atomic E-state index is -3.74. The molecule has 1 N–H and O–H groups in total. The lowest BCUT2D eigenvalue weighted by Crippen LogP contribution is -2.28. The van der Waals surface area contributed by atoms with Crippen molar-refractivity contribution in [1.82, 2.24) is 4.31 Å². The van der Waals surface area contributed by atoms with Gasteiger partial charge in [-0.15, -0.1) is 0 Å². The molecule has 0 atom stereocenters. The van der Waals surface area contributed by atoms with Gasteiger partial charge in [-0.3, -0.25) is 10.1 Å². The molecule has 0 aliphatic carbocycles. The second-order valence-corrected chi connectivity index (χ2v) is 11.8. The Balaban J connectivity index is 1.36. The predicted octanol–water partition coefficient (Wildman–Crippen LogP) is 5.08. The quantitative estimate of drug-likeness (QED) is 0.241. The minimum Gasteiger partial charge on any atom is -0.497 e. The zero-order chi connectivity index (χ0) is 31.3. The van der Waals surface area contributed by atoms with Crippen LogP contribution in [0.2, 0.25) is 0 Å². The topological polar surface area (TPSA) is 148 Å². The predicted molar refractivity (Wildman–Crippen MR) is 161 cm³/mol. The fourth-order valence-electron chi connectivity index (χ4n) is 4.84. The molecule has 0 saturated carbocycles. The Morgan fingerprint density at radius 2 is 1.55 bits per heavy atom. The molecule has 1 aromatic heterocycles. The summed E-state index contributed by atoms with van der Waals surface area (Å²) in [5.74, 6) is -0.178. The number of furan rings is 1. The maximum absolute atomic E-state index is 12.9. The molecule has 1 saturated heterocycles. The number of amides is 1. The first kappa shape index (κ1) is 30.3. The summed E-state index contributed by atoms with van der Waals surface area (Å²) in [5, 5.41) is 12.6. The van der Waals surface area contributed by atoms with Gasteiger partial charge in [0.15, 0.2) is 6.61 Å². The molecule has 1 amide bonds. The van der Waals surface area contributed by atoms with Gasteiger partial charge >= 0.3 is 5.97 Å². The summed E-state index contributed by atoms with van der Waals surface area (Å²) in [6.45, 7) is 0.146. The van der Waals surface area contributed by atoms with E-state index in [-0.39, 0.29) is 21.9 Å². The SMILES string of the molecule is COc1ccc(-c2oc(NC(=O)COC(=O)c3cccc(S(=O)(=O)N4CCCC4)c3)c(C#N)c2-c2ccc(OC)cc2)cc1. The van der Waals surface area contributed by atoms with E-state index in [1.54, 1.807) is 62.8 Å². The summed E-state index contributed by atoms with van der Waals surface area (Å²) in [6.07, 6.45) is 1.56. The molecule has 226 valence electrons. The highest BCUT2D eigenvalue weighted by Crippen LogP contribution is 2.42. The average molecular weight is 616 g/mol. The van der Waals surface area contributed by atoms with Crippen molar-refractivity contribution in [1.29, 1.82) is 5.26 Å². The molecule has 1 fully saturated rings. The van der Waals surface area contributed by atoms with Gasteiger partial charge in [0, 0.05) is 24.2 Å². The maximum Gasteiger partial charge on any atom is 0.338 e. The fraction of sp³-hybridized carbons (Fsp3) is 0.219. The molecule has 1 aliphatic heterocycles. The molecular formula is C32H29N3O8S. The number of rotatable bonds is 10. The van der Waals surface area contributed by atoms with E-state index in [1.807, 2.05) is 0 Å². The summed E-state index contributed by atoms with van der Waals surface area (Å²) in [6, 6.07) is 21.6. The molecule has 0 bridgehead atoms. The highest BCUT2D eigenvalue weighted by atomic mass is 32.2. The van der Waals surface area contributed by atoms with Gasteiger partial charge in [-0.1, -0.05) is 18.2 Å². The number of anilines is 1. The van der Waals surface area contributed by atoms with Crippen LogP contribution >= 0.6 is 0 Å². The first-order valence-electron chi connectivity index (χ1n) is 13.7. The third-order valence-corrected chi connectivity index (χ3v) is 9.01. The Morgan fingerprint density at radius 3 is 2.14 bits per heavy atom. The van der Waals surface area contributed by atoms with Crippen molar-refractivity contribution in [2.45, 2.75) is 17.7 Å². The summed E-state index contributed by atoms with van der Waals surface area (Å²) >= 11 is 0. The minimum absolute atomic E-state index is 0.0163. The first-order chi connectivity index (χ1) is 21.2. The molecule has 11 nitrogen and oxygen atoms in total. The molecule has 2 heterocycles. The zero-order valence-corrected chi connectivity index (χ0v) is 24.8. The van der Waals surface area contributed by atoms with Gasteiger partial charge in [0.2, 0.25) is 15.9 Å². The highest BCUT2D eigenvalue weighted by molar-refractivity contribution is 7.89. The second kappa shape index (κ2) is 13.0. The number of benzene rings is 3. The molecule has 12 heteroatoms. The Morgan fingerprint density at radius 1 is 0.932 bits per heavy atom. The van der Waals surface area contributed by atoms with E-state index in [4.69, 9.17) is 18.6 Å². The number of sulfonamides is 1. The van der Waals surface area contributed by atoms with Crippen LogP contribution in [0.4, 0.5) is 5.88 Å². The number of nitrogens with one attached hydrogen (secondary N) is 1. The van der Waals surface area contributed by atoms with Crippen LogP contribution in [0.5, 0.6) is 11.5 Å². The smallest absolute Gasteiger partial charge is 0.338 e. The number of methoxy groups -OCH3 is 2. The van der Waals surface area contributed by atoms with Gasteiger partial charge in [-0.25, -0.2) is 13.2 Å².